The van der Waals surface area contributed by atoms with Gasteiger partial charge in [0.1, 0.15) is 5.75 Å². The van der Waals surface area contributed by atoms with Crippen molar-refractivity contribution in [2.24, 2.45) is 5.92 Å². The number of carbonyl (C=O) groups is 2. The van der Waals surface area contributed by atoms with E-state index in [-0.39, 0.29) is 24.2 Å². The Morgan fingerprint density at radius 1 is 1.03 bits per heavy atom. The van der Waals surface area contributed by atoms with E-state index in [2.05, 4.69) is 41.3 Å². The fourth-order valence-corrected chi connectivity index (χ4v) is 4.36. The fraction of sp³-hybridized carbons (Fsp3) is 0.333. The lowest BCUT2D eigenvalue weighted by Crippen LogP contribution is -2.29. The molecule has 7 nitrogen and oxygen atoms in total. The van der Waals surface area contributed by atoms with Gasteiger partial charge in [-0.1, -0.05) is 32.0 Å². The van der Waals surface area contributed by atoms with E-state index in [1.165, 1.54) is 0 Å². The van der Waals surface area contributed by atoms with E-state index in [9.17, 15) is 9.59 Å². The van der Waals surface area contributed by atoms with E-state index >= 15 is 0 Å². The van der Waals surface area contributed by atoms with Crippen LogP contribution in [0.5, 0.6) is 11.8 Å². The van der Waals surface area contributed by atoms with Crippen LogP contribution in [0, 0.1) is 19.8 Å². The van der Waals surface area contributed by atoms with Gasteiger partial charge in [-0.15, -0.1) is 0 Å². The van der Waals surface area contributed by atoms with Crippen LogP contribution in [0.1, 0.15) is 42.8 Å². The number of hydrogen-bond donors (Lipinski definition) is 1. The molecule has 1 aliphatic heterocycles. The minimum atomic E-state index is -0.401. The van der Waals surface area contributed by atoms with Gasteiger partial charge in [-0.25, -0.2) is 9.97 Å². The van der Waals surface area contributed by atoms with E-state index in [1.807, 2.05) is 26.0 Å². The van der Waals surface area contributed by atoms with Gasteiger partial charge in [0.15, 0.2) is 0 Å². The van der Waals surface area contributed by atoms with Crippen LogP contribution in [0.25, 0.3) is 0 Å². The smallest absolute Gasteiger partial charge is 0.322 e. The van der Waals surface area contributed by atoms with Crippen LogP contribution in [0.2, 0.25) is 0 Å². The number of rotatable bonds is 7. The average Bonchev–Trinajstić information content (AvgIpc) is 3.20. The lowest BCUT2D eigenvalue weighted by atomic mass is 10.0. The van der Waals surface area contributed by atoms with Gasteiger partial charge in [-0.05, 0) is 68.1 Å². The molecular weight excluding hydrogens is 428 g/mol. The van der Waals surface area contributed by atoms with Crippen LogP contribution in [0.4, 0.5) is 11.4 Å². The standard InChI is InChI=1S/C27H30N4O3/c1-5-19-8-7-9-20(6-2)25(19)31-16-21(15-24(31)32)26(33)30-22-10-12-23(13-11-22)34-27-28-17(3)14-18(4)29-27/h7-14,21H,5-6,15-16H2,1-4H3,(H,30,33). The van der Waals surface area contributed by atoms with Gasteiger partial charge in [0.25, 0.3) is 0 Å². The molecule has 34 heavy (non-hydrogen) atoms. The Hall–Kier alpha value is -3.74. The molecule has 1 atom stereocenters. The molecular formula is C27H30N4O3. The molecule has 0 spiro atoms. The lowest BCUT2D eigenvalue weighted by molar-refractivity contribution is -0.122. The van der Waals surface area contributed by atoms with E-state index in [0.29, 0.717) is 18.0 Å². The zero-order valence-electron chi connectivity index (χ0n) is 20.1. The highest BCUT2D eigenvalue weighted by molar-refractivity contribution is 6.04. The molecule has 7 heteroatoms. The topological polar surface area (TPSA) is 84.4 Å². The number of para-hydroxylation sites is 1. The molecule has 2 amide bonds. The Morgan fingerprint density at radius 2 is 1.65 bits per heavy atom. The van der Waals surface area contributed by atoms with Gasteiger partial charge in [0, 0.05) is 35.7 Å². The molecule has 1 aromatic heterocycles. The second kappa shape index (κ2) is 10.0. The number of aromatic nitrogens is 2. The van der Waals surface area contributed by atoms with E-state index in [4.69, 9.17) is 4.74 Å². The molecule has 1 saturated heterocycles. The van der Waals surface area contributed by atoms with Crippen molar-refractivity contribution in [1.29, 1.82) is 0 Å². The summed E-state index contributed by atoms with van der Waals surface area (Å²) in [5.41, 5.74) is 5.56. The van der Waals surface area contributed by atoms with Gasteiger partial charge in [-0.3, -0.25) is 9.59 Å². The maximum atomic E-state index is 13.0. The summed E-state index contributed by atoms with van der Waals surface area (Å²) in [7, 11) is 0. The Morgan fingerprint density at radius 3 is 2.24 bits per heavy atom. The summed E-state index contributed by atoms with van der Waals surface area (Å²) >= 11 is 0. The molecule has 3 aromatic rings. The molecule has 2 aromatic carbocycles. The summed E-state index contributed by atoms with van der Waals surface area (Å²) in [5.74, 6) is 0.0114. The van der Waals surface area contributed by atoms with Crippen molar-refractivity contribution in [3.63, 3.8) is 0 Å². The average molecular weight is 459 g/mol. The molecule has 1 N–H and O–H groups in total. The van der Waals surface area contributed by atoms with Crippen LogP contribution in [-0.2, 0) is 22.4 Å². The van der Waals surface area contributed by atoms with Crippen molar-refractivity contribution in [3.8, 4) is 11.8 Å². The number of ether oxygens (including phenoxy) is 1. The molecule has 1 fully saturated rings. The second-order valence-corrected chi connectivity index (χ2v) is 8.59. The van der Waals surface area contributed by atoms with Crippen molar-refractivity contribution >= 4 is 23.2 Å². The molecule has 1 unspecified atom stereocenters. The van der Waals surface area contributed by atoms with Crippen LogP contribution in [-0.4, -0.2) is 28.3 Å². The van der Waals surface area contributed by atoms with E-state index < -0.39 is 5.92 Å². The first kappa shape index (κ1) is 23.4. The number of anilines is 2. The summed E-state index contributed by atoms with van der Waals surface area (Å²) < 4.78 is 5.73. The number of nitrogens with zero attached hydrogens (tertiary/aromatic N) is 3. The molecule has 0 saturated carbocycles. The number of benzene rings is 2. The van der Waals surface area contributed by atoms with Crippen molar-refractivity contribution in [2.45, 2.75) is 47.0 Å². The van der Waals surface area contributed by atoms with Crippen LogP contribution < -0.4 is 15.0 Å². The first-order chi connectivity index (χ1) is 16.4. The highest BCUT2D eigenvalue weighted by atomic mass is 16.5. The van der Waals surface area contributed by atoms with Gasteiger partial charge in [0.2, 0.25) is 11.8 Å². The molecule has 0 bridgehead atoms. The third-order valence-electron chi connectivity index (χ3n) is 6.02. The molecule has 4 rings (SSSR count). The van der Waals surface area contributed by atoms with Gasteiger partial charge >= 0.3 is 6.01 Å². The Labute approximate surface area is 200 Å². The predicted molar refractivity (Wildman–Crippen MR) is 132 cm³/mol. The summed E-state index contributed by atoms with van der Waals surface area (Å²) in [4.78, 5) is 36.2. The molecule has 0 radical (unpaired) electrons. The number of aryl methyl sites for hydroxylation is 4. The van der Waals surface area contributed by atoms with Crippen LogP contribution in [0.15, 0.2) is 48.5 Å². The Balaban J connectivity index is 1.42. The summed E-state index contributed by atoms with van der Waals surface area (Å²) in [6.45, 7) is 8.34. The molecule has 0 aliphatic carbocycles. The number of hydrogen-bond acceptors (Lipinski definition) is 5. The normalized spacial score (nSPS) is 15.5. The highest BCUT2D eigenvalue weighted by Crippen LogP contribution is 2.33. The largest absolute Gasteiger partial charge is 0.424 e. The van der Waals surface area contributed by atoms with Gasteiger partial charge in [0.05, 0.1) is 5.92 Å². The summed E-state index contributed by atoms with van der Waals surface area (Å²) in [6, 6.07) is 15.4. The molecule has 2 heterocycles. The zero-order chi connectivity index (χ0) is 24.2. The SMILES string of the molecule is CCc1cccc(CC)c1N1CC(C(=O)Nc2ccc(Oc3nc(C)cc(C)n3)cc2)CC1=O. The predicted octanol–water partition coefficient (Wildman–Crippen LogP) is 5.00. The monoisotopic (exact) mass is 458 g/mol. The van der Waals surface area contributed by atoms with Crippen molar-refractivity contribution in [3.05, 3.63) is 71.0 Å². The minimum Gasteiger partial charge on any atom is -0.424 e. The number of carbonyl (C=O) groups excluding carboxylic acids is 2. The molecule has 176 valence electrons. The van der Waals surface area contributed by atoms with Crippen LogP contribution in [0.3, 0.4) is 0 Å². The van der Waals surface area contributed by atoms with Crippen molar-refractivity contribution < 1.29 is 14.3 Å². The fourth-order valence-electron chi connectivity index (χ4n) is 4.36. The van der Waals surface area contributed by atoms with Crippen molar-refractivity contribution in [1.82, 2.24) is 9.97 Å². The maximum absolute atomic E-state index is 13.0. The van der Waals surface area contributed by atoms with E-state index in [0.717, 1.165) is 41.0 Å². The first-order valence-electron chi connectivity index (χ1n) is 11.7. The summed E-state index contributed by atoms with van der Waals surface area (Å²) in [5, 5.41) is 2.94. The number of nitrogens with one attached hydrogen (secondary N) is 1. The zero-order valence-corrected chi connectivity index (χ0v) is 20.1. The second-order valence-electron chi connectivity index (χ2n) is 8.59. The lowest BCUT2D eigenvalue weighted by Gasteiger charge is -2.23. The summed E-state index contributed by atoms with van der Waals surface area (Å²) in [6.07, 6.45) is 1.88. The number of amides is 2. The highest BCUT2D eigenvalue weighted by Gasteiger charge is 2.36. The maximum Gasteiger partial charge on any atom is 0.322 e. The van der Waals surface area contributed by atoms with Gasteiger partial charge < -0.3 is 15.0 Å². The molecule has 1 aliphatic rings. The quantitative estimate of drug-likeness (QED) is 0.538. The van der Waals surface area contributed by atoms with Crippen LogP contribution >= 0.6 is 0 Å². The third-order valence-corrected chi connectivity index (χ3v) is 6.02. The minimum absolute atomic E-state index is 0.00653. The first-order valence-corrected chi connectivity index (χ1v) is 11.7. The van der Waals surface area contributed by atoms with Crippen molar-refractivity contribution in [2.75, 3.05) is 16.8 Å². The Bertz CT molecular complexity index is 1160. The van der Waals surface area contributed by atoms with E-state index in [1.54, 1.807) is 29.2 Å². The Kier molecular flexibility index (Phi) is 6.91. The third kappa shape index (κ3) is 5.09. The van der Waals surface area contributed by atoms with Gasteiger partial charge in [-0.2, -0.15) is 0 Å².